The molecule has 1 rings (SSSR count). The van der Waals surface area contributed by atoms with Gasteiger partial charge in [0.25, 0.3) is 0 Å². The summed E-state index contributed by atoms with van der Waals surface area (Å²) >= 11 is 0. The van der Waals surface area contributed by atoms with E-state index in [-0.39, 0.29) is 4.90 Å². The molecule has 0 atom stereocenters. The Morgan fingerprint density at radius 1 is 1.29 bits per heavy atom. The van der Waals surface area contributed by atoms with Crippen LogP contribution in [-0.4, -0.2) is 32.6 Å². The second kappa shape index (κ2) is 8.29. The standard InChI is InChI=1S/C14H17NO5S/c1-2-3-4-5-10-15-21(18,19)13-8-6-12(7-9-13)20-11-14(16)17/h1,6-9,15H,3-5,10-11H2,(H,16,17). The molecule has 0 aliphatic rings. The number of nitrogens with one attached hydrogen (secondary N) is 1. The van der Waals surface area contributed by atoms with Crippen LogP contribution in [0, 0.1) is 12.3 Å². The third-order valence-corrected chi connectivity index (χ3v) is 4.01. The molecule has 21 heavy (non-hydrogen) atoms. The molecule has 0 unspecified atom stereocenters. The van der Waals surface area contributed by atoms with E-state index in [4.69, 9.17) is 16.3 Å². The first-order chi connectivity index (χ1) is 9.95. The quantitative estimate of drug-likeness (QED) is 0.528. The molecule has 0 amide bonds. The van der Waals surface area contributed by atoms with Gasteiger partial charge in [-0.15, -0.1) is 12.3 Å². The molecule has 2 N–H and O–H groups in total. The van der Waals surface area contributed by atoms with Crippen LogP contribution in [0.15, 0.2) is 29.2 Å². The minimum absolute atomic E-state index is 0.0992. The van der Waals surface area contributed by atoms with E-state index >= 15 is 0 Å². The van der Waals surface area contributed by atoms with Gasteiger partial charge in [-0.25, -0.2) is 17.9 Å². The average molecular weight is 311 g/mol. The summed E-state index contributed by atoms with van der Waals surface area (Å²) in [5.74, 6) is 1.69. The molecule has 0 aliphatic heterocycles. The number of carboxylic acids is 1. The molecule has 0 spiro atoms. The number of aliphatic carboxylic acids is 1. The molecule has 1 aromatic rings. The van der Waals surface area contributed by atoms with Crippen molar-refractivity contribution in [2.45, 2.75) is 24.2 Å². The van der Waals surface area contributed by atoms with Crippen LogP contribution >= 0.6 is 0 Å². The van der Waals surface area contributed by atoms with Crippen molar-refractivity contribution in [3.05, 3.63) is 24.3 Å². The lowest BCUT2D eigenvalue weighted by atomic mass is 10.2. The van der Waals surface area contributed by atoms with Gasteiger partial charge in [0.1, 0.15) is 5.75 Å². The van der Waals surface area contributed by atoms with Crippen molar-refractivity contribution in [2.24, 2.45) is 0 Å². The van der Waals surface area contributed by atoms with Crippen molar-refractivity contribution in [3.8, 4) is 18.1 Å². The maximum absolute atomic E-state index is 12.0. The predicted molar refractivity (Wildman–Crippen MR) is 77.4 cm³/mol. The largest absolute Gasteiger partial charge is 0.482 e. The Labute approximate surface area is 124 Å². The SMILES string of the molecule is C#CCCCCNS(=O)(=O)c1ccc(OCC(=O)O)cc1. The van der Waals surface area contributed by atoms with Crippen LogP contribution in [0.1, 0.15) is 19.3 Å². The number of carbonyl (C=O) groups is 1. The first kappa shape index (κ1) is 17.0. The Kier molecular flexibility index (Phi) is 6.72. The summed E-state index contributed by atoms with van der Waals surface area (Å²) in [5.41, 5.74) is 0. The number of hydrogen-bond acceptors (Lipinski definition) is 4. The zero-order valence-corrected chi connectivity index (χ0v) is 12.2. The molecule has 0 saturated heterocycles. The molecule has 0 bridgehead atoms. The smallest absolute Gasteiger partial charge is 0.341 e. The zero-order chi connectivity index (χ0) is 15.7. The number of rotatable bonds is 9. The third kappa shape index (κ3) is 6.29. The molecule has 0 radical (unpaired) electrons. The van der Waals surface area contributed by atoms with Gasteiger partial charge < -0.3 is 9.84 Å². The van der Waals surface area contributed by atoms with Gasteiger partial charge in [-0.3, -0.25) is 0 Å². The Balaban J connectivity index is 2.55. The van der Waals surface area contributed by atoms with Crippen LogP contribution in [0.25, 0.3) is 0 Å². The number of ether oxygens (including phenoxy) is 1. The molecule has 6 nitrogen and oxygen atoms in total. The zero-order valence-electron chi connectivity index (χ0n) is 11.4. The van der Waals surface area contributed by atoms with E-state index in [9.17, 15) is 13.2 Å². The third-order valence-electron chi connectivity index (χ3n) is 2.54. The van der Waals surface area contributed by atoms with Gasteiger partial charge in [0.2, 0.25) is 10.0 Å². The van der Waals surface area contributed by atoms with Crippen LogP contribution in [0.2, 0.25) is 0 Å². The van der Waals surface area contributed by atoms with Crippen molar-refractivity contribution in [1.82, 2.24) is 4.72 Å². The van der Waals surface area contributed by atoms with Crippen molar-refractivity contribution < 1.29 is 23.1 Å². The minimum Gasteiger partial charge on any atom is -0.482 e. The normalized spacial score (nSPS) is 10.8. The van der Waals surface area contributed by atoms with Gasteiger partial charge in [0.15, 0.2) is 6.61 Å². The van der Waals surface area contributed by atoms with Gasteiger partial charge in [-0.05, 0) is 37.1 Å². The lowest BCUT2D eigenvalue weighted by Gasteiger charge is -2.07. The summed E-state index contributed by atoms with van der Waals surface area (Å²) in [6.07, 6.45) is 7.16. The van der Waals surface area contributed by atoms with Crippen molar-refractivity contribution in [1.29, 1.82) is 0 Å². The van der Waals surface area contributed by atoms with Gasteiger partial charge in [-0.2, -0.15) is 0 Å². The van der Waals surface area contributed by atoms with E-state index in [1.165, 1.54) is 24.3 Å². The summed E-state index contributed by atoms with van der Waals surface area (Å²) in [4.78, 5) is 10.4. The van der Waals surface area contributed by atoms with E-state index in [0.717, 1.165) is 6.42 Å². The molecule has 0 heterocycles. The molecule has 0 aliphatic carbocycles. The topological polar surface area (TPSA) is 92.7 Å². The summed E-state index contributed by atoms with van der Waals surface area (Å²) in [6, 6.07) is 5.55. The van der Waals surface area contributed by atoms with Crippen LogP contribution in [0.4, 0.5) is 0 Å². The highest BCUT2D eigenvalue weighted by Crippen LogP contribution is 2.15. The van der Waals surface area contributed by atoms with Crippen LogP contribution < -0.4 is 9.46 Å². The van der Waals surface area contributed by atoms with Crippen LogP contribution in [0.5, 0.6) is 5.75 Å². The summed E-state index contributed by atoms with van der Waals surface area (Å²) in [7, 11) is -3.57. The minimum atomic E-state index is -3.57. The monoisotopic (exact) mass is 311 g/mol. The number of unbranched alkanes of at least 4 members (excludes halogenated alkanes) is 2. The van der Waals surface area contributed by atoms with Gasteiger partial charge in [0, 0.05) is 13.0 Å². The maximum atomic E-state index is 12.0. The number of hydrogen-bond donors (Lipinski definition) is 2. The first-order valence-electron chi connectivity index (χ1n) is 6.33. The van der Waals surface area contributed by atoms with Crippen molar-refractivity contribution >= 4 is 16.0 Å². The highest BCUT2D eigenvalue weighted by molar-refractivity contribution is 7.89. The second-order valence-electron chi connectivity index (χ2n) is 4.21. The first-order valence-corrected chi connectivity index (χ1v) is 7.82. The van der Waals surface area contributed by atoms with E-state index in [1.807, 2.05) is 0 Å². The molecule has 7 heteroatoms. The summed E-state index contributed by atoms with van der Waals surface area (Å²) in [6.45, 7) is -0.152. The molecule has 0 fully saturated rings. The Bertz CT molecular complexity index is 601. The number of benzene rings is 1. The number of terminal acetylenes is 1. The molecule has 114 valence electrons. The highest BCUT2D eigenvalue weighted by atomic mass is 32.2. The fourth-order valence-corrected chi connectivity index (χ4v) is 2.58. The van der Waals surface area contributed by atoms with E-state index < -0.39 is 22.6 Å². The fourth-order valence-electron chi connectivity index (χ4n) is 1.50. The molecule has 1 aromatic carbocycles. The number of carboxylic acid groups (broad SMARTS) is 1. The van der Waals surface area contributed by atoms with E-state index in [0.29, 0.717) is 25.1 Å². The maximum Gasteiger partial charge on any atom is 0.341 e. The Hall–Kier alpha value is -2.04. The Morgan fingerprint density at radius 2 is 1.95 bits per heavy atom. The van der Waals surface area contributed by atoms with Crippen molar-refractivity contribution in [2.75, 3.05) is 13.2 Å². The van der Waals surface area contributed by atoms with Gasteiger partial charge in [0.05, 0.1) is 4.90 Å². The summed E-state index contributed by atoms with van der Waals surface area (Å²) in [5, 5.41) is 8.47. The van der Waals surface area contributed by atoms with Crippen LogP contribution in [0.3, 0.4) is 0 Å². The van der Waals surface area contributed by atoms with Crippen LogP contribution in [-0.2, 0) is 14.8 Å². The molecular weight excluding hydrogens is 294 g/mol. The van der Waals surface area contributed by atoms with Gasteiger partial charge >= 0.3 is 5.97 Å². The molecule has 0 aromatic heterocycles. The average Bonchev–Trinajstić information content (AvgIpc) is 2.45. The summed E-state index contributed by atoms with van der Waals surface area (Å²) < 4.78 is 31.3. The second-order valence-corrected chi connectivity index (χ2v) is 5.98. The highest BCUT2D eigenvalue weighted by Gasteiger charge is 2.13. The fraction of sp³-hybridized carbons (Fsp3) is 0.357. The van der Waals surface area contributed by atoms with Crippen molar-refractivity contribution in [3.63, 3.8) is 0 Å². The van der Waals surface area contributed by atoms with E-state index in [1.54, 1.807) is 0 Å². The van der Waals surface area contributed by atoms with Gasteiger partial charge in [-0.1, -0.05) is 0 Å². The number of sulfonamides is 1. The Morgan fingerprint density at radius 3 is 2.52 bits per heavy atom. The predicted octanol–water partition coefficient (Wildman–Crippen LogP) is 1.23. The molecular formula is C14H17NO5S. The van der Waals surface area contributed by atoms with E-state index in [2.05, 4.69) is 10.6 Å². The lowest BCUT2D eigenvalue weighted by Crippen LogP contribution is -2.24. The lowest BCUT2D eigenvalue weighted by molar-refractivity contribution is -0.139. The molecule has 0 saturated carbocycles.